The Hall–Kier alpha value is -1.83. The first-order valence-electron chi connectivity index (χ1n) is 6.18. The number of oxime groups is 1. The van der Waals surface area contributed by atoms with Gasteiger partial charge in [-0.2, -0.15) is 0 Å². The zero-order valence-corrected chi connectivity index (χ0v) is 14.6. The fourth-order valence-corrected chi connectivity index (χ4v) is 1.61. The number of Topliss-reactive ketones (excluding diaryl/α,β-unsaturated/α-hetero) is 1. The summed E-state index contributed by atoms with van der Waals surface area (Å²) in [5.41, 5.74) is 2.30. The van der Waals surface area contributed by atoms with Gasteiger partial charge in [-0.25, -0.2) is 0 Å². The van der Waals surface area contributed by atoms with Gasteiger partial charge in [0.25, 0.3) is 0 Å². The maximum Gasteiger partial charge on any atom is 0.177 e. The Labute approximate surface area is 138 Å². The van der Waals surface area contributed by atoms with E-state index >= 15 is 0 Å². The molecule has 0 spiro atoms. The van der Waals surface area contributed by atoms with Gasteiger partial charge in [0.2, 0.25) is 0 Å². The number of hydrogen-bond acceptors (Lipinski definition) is 4. The van der Waals surface area contributed by atoms with Crippen LogP contribution < -0.4 is 0 Å². The van der Waals surface area contributed by atoms with Crippen molar-refractivity contribution in [3.8, 4) is 0 Å². The Morgan fingerprint density at radius 1 is 1.29 bits per heavy atom. The predicted molar refractivity (Wildman–Crippen MR) is 79.7 cm³/mol. The van der Waals surface area contributed by atoms with Gasteiger partial charge >= 0.3 is 0 Å². The van der Waals surface area contributed by atoms with Crippen LogP contribution in [0.2, 0.25) is 0 Å². The second kappa shape index (κ2) is 10.9. The van der Waals surface area contributed by atoms with Crippen molar-refractivity contribution in [3.05, 3.63) is 47.5 Å². The van der Waals surface area contributed by atoms with Crippen molar-refractivity contribution in [2.24, 2.45) is 5.16 Å². The molecule has 0 amide bonds. The average Bonchev–Trinajstić information content (AvgIpc) is 2.44. The van der Waals surface area contributed by atoms with Crippen molar-refractivity contribution >= 4 is 30.1 Å². The topological polar surface area (TPSA) is 55.7 Å². The molecule has 1 aromatic carbocycles. The number of carbonyl (C=O) groups excluding carboxylic acids is 2. The minimum absolute atomic E-state index is 0. The molecule has 21 heavy (non-hydrogen) atoms. The fourth-order valence-electron chi connectivity index (χ4n) is 1.61. The molecule has 0 bridgehead atoms. The number of carbonyl (C=O) groups is 1. The van der Waals surface area contributed by atoms with Crippen molar-refractivity contribution < 1.29 is 34.8 Å². The van der Waals surface area contributed by atoms with Gasteiger partial charge in [0.05, 0.1) is 0 Å². The summed E-state index contributed by atoms with van der Waals surface area (Å²) in [4.78, 5) is 25.4. The van der Waals surface area contributed by atoms with Crippen molar-refractivity contribution in [3.63, 3.8) is 0 Å². The maximum absolute atomic E-state index is 11.3. The standard InChI is InChI=1S/C16H16NO3.Re/c1-3-7-14-8-4-5-9-15(14)10-6-11-16(13(2)19)17-20-12-18;/h3-10H,11H2,1-2H3;/q-1;/b7-3-,10-6-,17-16+;. The summed E-state index contributed by atoms with van der Waals surface area (Å²) < 4.78 is 0. The molecule has 0 atom stereocenters. The van der Waals surface area contributed by atoms with E-state index < -0.39 is 0 Å². The SMILES string of the molecule is C/C=C\c1ccccc1/C=C\C/C(=N\O[C-]=O)C(C)=O.[Re]. The third-order valence-corrected chi connectivity index (χ3v) is 2.55. The van der Waals surface area contributed by atoms with Crippen molar-refractivity contribution in [2.75, 3.05) is 0 Å². The summed E-state index contributed by atoms with van der Waals surface area (Å²) in [5, 5.41) is 3.41. The van der Waals surface area contributed by atoms with E-state index in [0.29, 0.717) is 6.42 Å². The van der Waals surface area contributed by atoms with Gasteiger partial charge in [0.1, 0.15) is 5.71 Å². The van der Waals surface area contributed by atoms with Crippen molar-refractivity contribution in [1.82, 2.24) is 0 Å². The van der Waals surface area contributed by atoms with Crippen LogP contribution in [0.1, 0.15) is 31.4 Å². The maximum atomic E-state index is 11.3. The monoisotopic (exact) mass is 457 g/mol. The van der Waals surface area contributed by atoms with E-state index in [1.807, 2.05) is 49.4 Å². The minimum atomic E-state index is -0.244. The van der Waals surface area contributed by atoms with Crippen LogP contribution in [-0.4, -0.2) is 18.0 Å². The molecule has 0 aliphatic rings. The molecule has 0 aliphatic carbocycles. The first-order valence-corrected chi connectivity index (χ1v) is 6.18. The zero-order chi connectivity index (χ0) is 14.8. The number of hydrogen-bond donors (Lipinski definition) is 0. The van der Waals surface area contributed by atoms with Crippen LogP contribution in [-0.2, 0) is 34.8 Å². The molecule has 0 aliphatic heterocycles. The van der Waals surface area contributed by atoms with Crippen molar-refractivity contribution in [1.29, 1.82) is 0 Å². The van der Waals surface area contributed by atoms with Crippen LogP contribution in [0.5, 0.6) is 0 Å². The average molecular weight is 457 g/mol. The van der Waals surface area contributed by atoms with E-state index in [9.17, 15) is 9.59 Å². The molecule has 0 saturated carbocycles. The molecule has 5 heteroatoms. The third kappa shape index (κ3) is 6.94. The molecule has 1 aromatic rings. The van der Waals surface area contributed by atoms with Crippen LogP contribution in [0.25, 0.3) is 12.2 Å². The summed E-state index contributed by atoms with van der Waals surface area (Å²) >= 11 is 0. The minimum Gasteiger partial charge on any atom is -0.526 e. The van der Waals surface area contributed by atoms with E-state index in [0.717, 1.165) is 17.6 Å². The van der Waals surface area contributed by atoms with Gasteiger partial charge in [-0.3, -0.25) is 4.79 Å². The van der Waals surface area contributed by atoms with Gasteiger partial charge in [-0.05, 0) is 24.5 Å². The molecule has 0 unspecified atom stereocenters. The van der Waals surface area contributed by atoms with Gasteiger partial charge in [-0.1, -0.05) is 48.6 Å². The Kier molecular flexibility index (Phi) is 9.95. The summed E-state index contributed by atoms with van der Waals surface area (Å²) in [5.74, 6) is -0.244. The smallest absolute Gasteiger partial charge is 0.177 e. The Bertz CT molecular complexity index is 562. The molecular weight excluding hydrogens is 440 g/mol. The molecule has 0 saturated heterocycles. The Morgan fingerprint density at radius 2 is 1.90 bits per heavy atom. The summed E-state index contributed by atoms with van der Waals surface area (Å²) in [6.45, 7) is 4.49. The third-order valence-electron chi connectivity index (χ3n) is 2.55. The molecule has 0 fully saturated rings. The van der Waals surface area contributed by atoms with E-state index in [2.05, 4.69) is 9.99 Å². The molecular formula is C16H16NO3Re-. The first-order chi connectivity index (χ1) is 9.69. The van der Waals surface area contributed by atoms with Crippen LogP contribution in [0, 0.1) is 0 Å². The van der Waals surface area contributed by atoms with Gasteiger partial charge in [0.15, 0.2) is 5.78 Å². The van der Waals surface area contributed by atoms with Crippen LogP contribution in [0.15, 0.2) is 41.6 Å². The van der Waals surface area contributed by atoms with Gasteiger partial charge < -0.3 is 9.63 Å². The second-order valence-corrected chi connectivity index (χ2v) is 4.00. The van der Waals surface area contributed by atoms with Gasteiger partial charge in [0, 0.05) is 33.8 Å². The summed E-state index contributed by atoms with van der Waals surface area (Å²) in [6.07, 6.45) is 7.96. The van der Waals surface area contributed by atoms with Crippen LogP contribution >= 0.6 is 0 Å². The van der Waals surface area contributed by atoms with E-state index in [1.165, 1.54) is 6.92 Å². The molecule has 0 heterocycles. The first kappa shape index (κ1) is 19.2. The Balaban J connectivity index is 0.00000400. The molecule has 0 N–H and O–H groups in total. The summed E-state index contributed by atoms with van der Waals surface area (Å²) in [7, 11) is 0. The number of rotatable bonds is 7. The number of allylic oxidation sites excluding steroid dienone is 2. The van der Waals surface area contributed by atoms with Crippen LogP contribution in [0.4, 0.5) is 0 Å². The molecule has 111 valence electrons. The Morgan fingerprint density at radius 3 is 2.43 bits per heavy atom. The second-order valence-electron chi connectivity index (χ2n) is 4.00. The van der Waals surface area contributed by atoms with E-state index in [-0.39, 0.29) is 31.9 Å². The number of ketones is 1. The quantitative estimate of drug-likeness (QED) is 0.274. The molecule has 1 rings (SSSR count). The predicted octanol–water partition coefficient (Wildman–Crippen LogP) is 3.15. The van der Waals surface area contributed by atoms with Crippen LogP contribution in [0.3, 0.4) is 0 Å². The van der Waals surface area contributed by atoms with Crippen molar-refractivity contribution in [2.45, 2.75) is 20.3 Å². The molecule has 1 radical (unpaired) electrons. The molecule has 4 nitrogen and oxygen atoms in total. The summed E-state index contributed by atoms with van der Waals surface area (Å²) in [6, 6.07) is 7.89. The van der Waals surface area contributed by atoms with E-state index in [1.54, 1.807) is 6.08 Å². The van der Waals surface area contributed by atoms with E-state index in [4.69, 9.17) is 0 Å². The van der Waals surface area contributed by atoms with Gasteiger partial charge in [-0.15, -0.1) is 5.16 Å². The largest absolute Gasteiger partial charge is 0.526 e. The fraction of sp³-hybridized carbons (Fsp3) is 0.188. The zero-order valence-electron chi connectivity index (χ0n) is 11.9. The number of benzene rings is 1. The number of nitrogens with zero attached hydrogens (tertiary/aromatic N) is 1. The normalized spacial score (nSPS) is 11.4. The molecule has 0 aromatic heterocycles.